The fourth-order valence-electron chi connectivity index (χ4n) is 1.46. The summed E-state index contributed by atoms with van der Waals surface area (Å²) in [5.74, 6) is 0. The predicted octanol–water partition coefficient (Wildman–Crippen LogP) is 4.40. The van der Waals surface area contributed by atoms with Crippen molar-refractivity contribution in [3.05, 3.63) is 36.5 Å². The number of allylic oxidation sites excluding steroid dienone is 6. The highest BCUT2D eigenvalue weighted by Crippen LogP contribution is 2.05. The van der Waals surface area contributed by atoms with Crippen LogP contribution in [0, 0.1) is 0 Å². The SMILES string of the molecule is C1=CCCC/C=C\CCCCC=C1. The van der Waals surface area contributed by atoms with E-state index in [0.29, 0.717) is 0 Å². The van der Waals surface area contributed by atoms with E-state index in [1.54, 1.807) is 0 Å². The molecule has 0 aromatic carbocycles. The van der Waals surface area contributed by atoms with Crippen LogP contribution in [0.4, 0.5) is 0 Å². The molecule has 0 aromatic rings. The molecule has 0 nitrogen and oxygen atoms in total. The van der Waals surface area contributed by atoms with Gasteiger partial charge in [-0.1, -0.05) is 36.5 Å². The molecule has 0 amide bonds. The average Bonchev–Trinajstić information content (AvgIpc) is 2.18. The second-order valence-electron chi connectivity index (χ2n) is 3.54. The van der Waals surface area contributed by atoms with Crippen LogP contribution < -0.4 is 0 Å². The van der Waals surface area contributed by atoms with Crippen LogP contribution in [-0.4, -0.2) is 0 Å². The van der Waals surface area contributed by atoms with E-state index in [1.807, 2.05) is 0 Å². The molecule has 0 fully saturated rings. The van der Waals surface area contributed by atoms with Crippen molar-refractivity contribution in [1.29, 1.82) is 0 Å². The highest BCUT2D eigenvalue weighted by Gasteiger charge is 1.85. The first-order valence-corrected chi connectivity index (χ1v) is 5.47. The Morgan fingerprint density at radius 1 is 0.462 bits per heavy atom. The Morgan fingerprint density at radius 2 is 0.923 bits per heavy atom. The number of hydrogen-bond donors (Lipinski definition) is 0. The van der Waals surface area contributed by atoms with Gasteiger partial charge in [0.1, 0.15) is 0 Å². The standard InChI is InChI=1S/C13H20/c1-2-4-6-8-10-12-13-11-9-7-5-3-1/h1-4,11,13H,5-10,12H2/b3-1?,4-2?,13-11-. The summed E-state index contributed by atoms with van der Waals surface area (Å²) >= 11 is 0. The third-order valence-electron chi connectivity index (χ3n) is 2.28. The van der Waals surface area contributed by atoms with Crippen molar-refractivity contribution in [1.82, 2.24) is 0 Å². The monoisotopic (exact) mass is 176 g/mol. The van der Waals surface area contributed by atoms with Gasteiger partial charge in [0.2, 0.25) is 0 Å². The van der Waals surface area contributed by atoms with Gasteiger partial charge < -0.3 is 0 Å². The van der Waals surface area contributed by atoms with Gasteiger partial charge in [-0.05, 0) is 44.9 Å². The normalized spacial score (nSPS) is 22.8. The van der Waals surface area contributed by atoms with Crippen molar-refractivity contribution in [2.24, 2.45) is 0 Å². The smallest absolute Gasteiger partial charge is 0.0345 e. The maximum Gasteiger partial charge on any atom is -0.0345 e. The molecular weight excluding hydrogens is 156 g/mol. The van der Waals surface area contributed by atoms with Crippen LogP contribution in [0.2, 0.25) is 0 Å². The van der Waals surface area contributed by atoms with Crippen LogP contribution in [0.5, 0.6) is 0 Å². The Hall–Kier alpha value is -0.780. The van der Waals surface area contributed by atoms with E-state index in [0.717, 1.165) is 0 Å². The molecule has 0 bridgehead atoms. The lowest BCUT2D eigenvalue weighted by Gasteiger charge is -1.92. The molecule has 0 aromatic heterocycles. The van der Waals surface area contributed by atoms with E-state index < -0.39 is 0 Å². The number of hydrogen-bond acceptors (Lipinski definition) is 0. The summed E-state index contributed by atoms with van der Waals surface area (Å²) in [5, 5.41) is 0. The first-order valence-electron chi connectivity index (χ1n) is 5.47. The summed E-state index contributed by atoms with van der Waals surface area (Å²) in [6.07, 6.45) is 22.5. The first kappa shape index (κ1) is 10.3. The first-order chi connectivity index (χ1) is 6.50. The largest absolute Gasteiger partial charge is 0.0885 e. The molecule has 0 spiro atoms. The van der Waals surface area contributed by atoms with Crippen LogP contribution in [0.1, 0.15) is 44.9 Å². The topological polar surface area (TPSA) is 0 Å². The van der Waals surface area contributed by atoms with Crippen molar-refractivity contribution in [3.63, 3.8) is 0 Å². The van der Waals surface area contributed by atoms with Crippen molar-refractivity contribution < 1.29 is 0 Å². The van der Waals surface area contributed by atoms with E-state index in [1.165, 1.54) is 44.9 Å². The third kappa shape index (κ3) is 6.39. The van der Waals surface area contributed by atoms with Gasteiger partial charge in [0.15, 0.2) is 0 Å². The molecule has 0 heteroatoms. The maximum atomic E-state index is 2.34. The lowest BCUT2D eigenvalue weighted by Crippen LogP contribution is -1.72. The van der Waals surface area contributed by atoms with E-state index in [2.05, 4.69) is 36.5 Å². The molecule has 0 saturated heterocycles. The van der Waals surface area contributed by atoms with Crippen LogP contribution in [0.3, 0.4) is 0 Å². The summed E-state index contributed by atoms with van der Waals surface area (Å²) < 4.78 is 0. The van der Waals surface area contributed by atoms with Crippen LogP contribution in [0.15, 0.2) is 36.5 Å². The van der Waals surface area contributed by atoms with Gasteiger partial charge >= 0.3 is 0 Å². The Morgan fingerprint density at radius 3 is 1.62 bits per heavy atom. The molecule has 0 heterocycles. The summed E-state index contributed by atoms with van der Waals surface area (Å²) in [7, 11) is 0. The highest BCUT2D eigenvalue weighted by atomic mass is 13.9. The molecule has 0 aliphatic heterocycles. The zero-order chi connectivity index (χ0) is 9.19. The molecule has 13 heavy (non-hydrogen) atoms. The average molecular weight is 176 g/mol. The second-order valence-corrected chi connectivity index (χ2v) is 3.54. The van der Waals surface area contributed by atoms with E-state index >= 15 is 0 Å². The molecule has 72 valence electrons. The fourth-order valence-corrected chi connectivity index (χ4v) is 1.46. The molecule has 0 radical (unpaired) electrons. The zero-order valence-corrected chi connectivity index (χ0v) is 8.41. The summed E-state index contributed by atoms with van der Waals surface area (Å²) in [5.41, 5.74) is 0. The van der Waals surface area contributed by atoms with Gasteiger partial charge in [-0.25, -0.2) is 0 Å². The Balaban J connectivity index is 2.28. The molecule has 0 N–H and O–H groups in total. The molecule has 0 saturated carbocycles. The van der Waals surface area contributed by atoms with Crippen molar-refractivity contribution in [2.75, 3.05) is 0 Å². The van der Waals surface area contributed by atoms with E-state index in [-0.39, 0.29) is 0 Å². The van der Waals surface area contributed by atoms with Gasteiger partial charge in [-0.3, -0.25) is 0 Å². The molecule has 0 unspecified atom stereocenters. The predicted molar refractivity (Wildman–Crippen MR) is 59.7 cm³/mol. The maximum absolute atomic E-state index is 2.34. The van der Waals surface area contributed by atoms with Gasteiger partial charge in [0.05, 0.1) is 0 Å². The quantitative estimate of drug-likeness (QED) is 0.480. The van der Waals surface area contributed by atoms with Gasteiger partial charge in [0.25, 0.3) is 0 Å². The van der Waals surface area contributed by atoms with E-state index in [9.17, 15) is 0 Å². The van der Waals surface area contributed by atoms with Crippen LogP contribution in [-0.2, 0) is 0 Å². The van der Waals surface area contributed by atoms with Crippen molar-refractivity contribution >= 4 is 0 Å². The number of rotatable bonds is 0. The van der Waals surface area contributed by atoms with Gasteiger partial charge in [0, 0.05) is 0 Å². The lowest BCUT2D eigenvalue weighted by molar-refractivity contribution is 0.759. The third-order valence-corrected chi connectivity index (χ3v) is 2.28. The Labute approximate surface area is 82.0 Å². The van der Waals surface area contributed by atoms with E-state index in [4.69, 9.17) is 0 Å². The van der Waals surface area contributed by atoms with Gasteiger partial charge in [-0.2, -0.15) is 0 Å². The fraction of sp³-hybridized carbons (Fsp3) is 0.538. The zero-order valence-electron chi connectivity index (χ0n) is 8.41. The molecular formula is C13H20. The summed E-state index contributed by atoms with van der Waals surface area (Å²) in [6.45, 7) is 0. The second kappa shape index (κ2) is 7.85. The summed E-state index contributed by atoms with van der Waals surface area (Å²) in [4.78, 5) is 0. The summed E-state index contributed by atoms with van der Waals surface area (Å²) in [6, 6.07) is 0. The minimum Gasteiger partial charge on any atom is -0.0885 e. The van der Waals surface area contributed by atoms with Crippen LogP contribution in [0.25, 0.3) is 0 Å². The molecule has 1 aliphatic carbocycles. The minimum atomic E-state index is 1.22. The minimum absolute atomic E-state index is 1.22. The Kier molecular flexibility index (Phi) is 6.22. The lowest BCUT2D eigenvalue weighted by atomic mass is 10.1. The van der Waals surface area contributed by atoms with Crippen molar-refractivity contribution in [2.45, 2.75) is 44.9 Å². The van der Waals surface area contributed by atoms with Crippen LogP contribution >= 0.6 is 0 Å². The molecule has 1 rings (SSSR count). The Bertz CT molecular complexity index is 184. The highest BCUT2D eigenvalue weighted by molar-refractivity contribution is 5.02. The van der Waals surface area contributed by atoms with Gasteiger partial charge in [-0.15, -0.1) is 0 Å². The van der Waals surface area contributed by atoms with Crippen molar-refractivity contribution in [3.8, 4) is 0 Å². The molecule has 1 aliphatic rings. The molecule has 0 atom stereocenters.